The lowest BCUT2D eigenvalue weighted by molar-refractivity contribution is 0.162. The van der Waals surface area contributed by atoms with Crippen LogP contribution in [0.15, 0.2) is 12.4 Å². The number of imidazole rings is 1. The van der Waals surface area contributed by atoms with Crippen LogP contribution in [0.4, 0.5) is 5.95 Å². The summed E-state index contributed by atoms with van der Waals surface area (Å²) in [6.45, 7) is 6.17. The first-order chi connectivity index (χ1) is 8.76. The van der Waals surface area contributed by atoms with Crippen LogP contribution in [0.1, 0.15) is 19.4 Å². The first-order valence-electron chi connectivity index (χ1n) is 6.67. The molecule has 0 amide bonds. The Morgan fingerprint density at radius 2 is 2.44 bits per heavy atom. The predicted octanol–water partition coefficient (Wildman–Crippen LogP) is 1.14. The van der Waals surface area contributed by atoms with Crippen LogP contribution in [0, 0.1) is 5.92 Å². The molecule has 2 rings (SSSR count). The smallest absolute Gasteiger partial charge is 0.205 e. The van der Waals surface area contributed by atoms with Crippen molar-refractivity contribution in [3.63, 3.8) is 0 Å². The predicted molar refractivity (Wildman–Crippen MR) is 73.1 cm³/mol. The maximum absolute atomic E-state index is 5.23. The van der Waals surface area contributed by atoms with Crippen molar-refractivity contribution >= 4 is 5.95 Å². The first-order valence-corrected chi connectivity index (χ1v) is 6.67. The van der Waals surface area contributed by atoms with Gasteiger partial charge in [-0.2, -0.15) is 0 Å². The second-order valence-electron chi connectivity index (χ2n) is 5.10. The molecule has 1 aromatic rings. The van der Waals surface area contributed by atoms with Crippen molar-refractivity contribution in [2.24, 2.45) is 5.92 Å². The first kappa shape index (κ1) is 13.4. The topological polar surface area (TPSA) is 42.3 Å². The average molecular weight is 252 g/mol. The molecule has 102 valence electrons. The van der Waals surface area contributed by atoms with Crippen molar-refractivity contribution in [1.82, 2.24) is 14.9 Å². The van der Waals surface area contributed by atoms with Gasteiger partial charge in [0.2, 0.25) is 5.95 Å². The highest BCUT2D eigenvalue weighted by atomic mass is 16.5. The summed E-state index contributed by atoms with van der Waals surface area (Å²) in [5.74, 6) is 1.82. The molecule has 0 radical (unpaired) electrons. The lowest BCUT2D eigenvalue weighted by atomic mass is 10.1. The van der Waals surface area contributed by atoms with E-state index in [2.05, 4.69) is 26.7 Å². The number of hydrogen-bond donors (Lipinski definition) is 1. The summed E-state index contributed by atoms with van der Waals surface area (Å²) < 4.78 is 7.44. The summed E-state index contributed by atoms with van der Waals surface area (Å²) in [5.41, 5.74) is 0. The molecule has 5 heteroatoms. The van der Waals surface area contributed by atoms with Gasteiger partial charge in [-0.1, -0.05) is 0 Å². The highest BCUT2D eigenvalue weighted by Crippen LogP contribution is 2.24. The molecule has 2 unspecified atom stereocenters. The molecule has 0 spiro atoms. The van der Waals surface area contributed by atoms with Crippen LogP contribution in [0.2, 0.25) is 0 Å². The van der Waals surface area contributed by atoms with Crippen molar-refractivity contribution in [3.05, 3.63) is 12.4 Å². The van der Waals surface area contributed by atoms with Crippen LogP contribution >= 0.6 is 0 Å². The fourth-order valence-electron chi connectivity index (χ4n) is 2.69. The number of rotatable bonds is 6. The zero-order valence-corrected chi connectivity index (χ0v) is 11.6. The van der Waals surface area contributed by atoms with E-state index in [0.717, 1.165) is 38.1 Å². The van der Waals surface area contributed by atoms with E-state index in [1.165, 1.54) is 6.42 Å². The third-order valence-electron chi connectivity index (χ3n) is 3.59. The summed E-state index contributed by atoms with van der Waals surface area (Å²) in [6, 6.07) is 0.329. The Bertz CT molecular complexity index is 366. The van der Waals surface area contributed by atoms with E-state index in [-0.39, 0.29) is 0 Å². The molecule has 1 saturated heterocycles. The number of nitrogens with zero attached hydrogens (tertiary/aromatic N) is 3. The Morgan fingerprint density at radius 1 is 1.61 bits per heavy atom. The minimum absolute atomic E-state index is 0.329. The lowest BCUT2D eigenvalue weighted by Crippen LogP contribution is -2.27. The van der Waals surface area contributed by atoms with Crippen molar-refractivity contribution in [2.45, 2.75) is 19.4 Å². The summed E-state index contributed by atoms with van der Waals surface area (Å²) in [6.07, 6.45) is 5.17. The van der Waals surface area contributed by atoms with Crippen molar-refractivity contribution < 1.29 is 4.74 Å². The third kappa shape index (κ3) is 2.84. The largest absolute Gasteiger partial charge is 0.383 e. The van der Waals surface area contributed by atoms with Gasteiger partial charge in [-0.05, 0) is 32.9 Å². The molecule has 2 atom stereocenters. The second-order valence-corrected chi connectivity index (χ2v) is 5.10. The van der Waals surface area contributed by atoms with Crippen LogP contribution in [-0.2, 0) is 4.74 Å². The number of anilines is 1. The van der Waals surface area contributed by atoms with E-state index in [4.69, 9.17) is 4.74 Å². The van der Waals surface area contributed by atoms with Crippen LogP contribution < -0.4 is 10.2 Å². The lowest BCUT2D eigenvalue weighted by Gasteiger charge is -2.22. The summed E-state index contributed by atoms with van der Waals surface area (Å²) in [4.78, 5) is 6.89. The fourth-order valence-corrected chi connectivity index (χ4v) is 2.69. The maximum atomic E-state index is 5.23. The molecule has 1 N–H and O–H groups in total. The van der Waals surface area contributed by atoms with Crippen molar-refractivity contribution in [3.8, 4) is 0 Å². The highest BCUT2D eigenvalue weighted by molar-refractivity contribution is 5.33. The summed E-state index contributed by atoms with van der Waals surface area (Å²) in [7, 11) is 3.76. The molecule has 0 bridgehead atoms. The average Bonchev–Trinajstić information content (AvgIpc) is 2.96. The highest BCUT2D eigenvalue weighted by Gasteiger charge is 2.25. The Balaban J connectivity index is 2.03. The SMILES string of the molecule is CNCC1CCN(c2nccn2C(C)COC)C1. The van der Waals surface area contributed by atoms with E-state index < -0.39 is 0 Å². The van der Waals surface area contributed by atoms with Crippen LogP contribution in [0.5, 0.6) is 0 Å². The fraction of sp³-hybridized carbons (Fsp3) is 0.769. The summed E-state index contributed by atoms with van der Waals surface area (Å²) in [5, 5.41) is 3.26. The molecule has 1 aliphatic heterocycles. The van der Waals surface area contributed by atoms with E-state index in [9.17, 15) is 0 Å². The van der Waals surface area contributed by atoms with Gasteiger partial charge in [0.1, 0.15) is 0 Å². The molecule has 2 heterocycles. The zero-order valence-electron chi connectivity index (χ0n) is 11.6. The molecular weight excluding hydrogens is 228 g/mol. The van der Waals surface area contributed by atoms with Gasteiger partial charge in [-0.25, -0.2) is 4.98 Å². The van der Waals surface area contributed by atoms with Gasteiger partial charge >= 0.3 is 0 Å². The van der Waals surface area contributed by atoms with Crippen LogP contribution in [0.25, 0.3) is 0 Å². The molecule has 0 aliphatic carbocycles. The molecule has 5 nitrogen and oxygen atoms in total. The quantitative estimate of drug-likeness (QED) is 0.824. The molecule has 1 aromatic heterocycles. The van der Waals surface area contributed by atoms with Crippen molar-refractivity contribution in [2.75, 3.05) is 45.3 Å². The standard InChI is InChI=1S/C13H24N4O/c1-11(10-18-3)17-7-5-15-13(17)16-6-4-12(9-16)8-14-2/h5,7,11-12,14H,4,6,8-10H2,1-3H3. The van der Waals surface area contributed by atoms with Crippen LogP contribution in [-0.4, -0.2) is 49.9 Å². The van der Waals surface area contributed by atoms with Gasteiger partial charge in [0, 0.05) is 32.6 Å². The Hall–Kier alpha value is -1.07. The third-order valence-corrected chi connectivity index (χ3v) is 3.59. The van der Waals surface area contributed by atoms with Crippen molar-refractivity contribution in [1.29, 1.82) is 0 Å². The molecule has 1 aliphatic rings. The zero-order chi connectivity index (χ0) is 13.0. The monoisotopic (exact) mass is 252 g/mol. The molecular formula is C13H24N4O. The number of hydrogen-bond acceptors (Lipinski definition) is 4. The Kier molecular flexibility index (Phi) is 4.60. The Labute approximate surface area is 109 Å². The second kappa shape index (κ2) is 6.20. The minimum atomic E-state index is 0.329. The van der Waals surface area contributed by atoms with Gasteiger partial charge in [0.25, 0.3) is 0 Å². The number of aromatic nitrogens is 2. The number of ether oxygens (including phenoxy) is 1. The molecule has 0 saturated carbocycles. The minimum Gasteiger partial charge on any atom is -0.383 e. The van der Waals surface area contributed by atoms with E-state index in [1.807, 2.05) is 19.4 Å². The van der Waals surface area contributed by atoms with Crippen LogP contribution in [0.3, 0.4) is 0 Å². The normalized spacial score (nSPS) is 21.5. The van der Waals surface area contributed by atoms with E-state index in [0.29, 0.717) is 6.04 Å². The molecule has 0 aromatic carbocycles. The Morgan fingerprint density at radius 3 is 3.17 bits per heavy atom. The van der Waals surface area contributed by atoms with Gasteiger partial charge in [0.15, 0.2) is 0 Å². The molecule has 18 heavy (non-hydrogen) atoms. The van der Waals surface area contributed by atoms with Gasteiger partial charge in [0.05, 0.1) is 12.6 Å². The maximum Gasteiger partial charge on any atom is 0.205 e. The summed E-state index contributed by atoms with van der Waals surface area (Å²) >= 11 is 0. The van der Waals surface area contributed by atoms with Gasteiger partial charge in [-0.3, -0.25) is 0 Å². The van der Waals surface area contributed by atoms with Gasteiger partial charge < -0.3 is 19.5 Å². The number of methoxy groups -OCH3 is 1. The van der Waals surface area contributed by atoms with E-state index >= 15 is 0 Å². The van der Waals surface area contributed by atoms with E-state index in [1.54, 1.807) is 7.11 Å². The van der Waals surface area contributed by atoms with Gasteiger partial charge in [-0.15, -0.1) is 0 Å². The number of nitrogens with one attached hydrogen (secondary N) is 1. The molecule has 1 fully saturated rings.